The molecular formula is C26H28N4O6S. The zero-order chi connectivity index (χ0) is 26.8. The second-order valence-electron chi connectivity index (χ2n) is 7.82. The SMILES string of the molecule is COCCN(C(=O)COC(=O)/C=C\c1ccc(SC)cc1)c1c(N)n(Cc2ccccc2)c(=O)[nH]c1=O. The number of carbonyl (C=O) groups is 2. The summed E-state index contributed by atoms with van der Waals surface area (Å²) in [5.74, 6) is -1.63. The van der Waals surface area contributed by atoms with Crippen LogP contribution in [0.1, 0.15) is 11.1 Å². The van der Waals surface area contributed by atoms with Crippen LogP contribution in [-0.4, -0.2) is 54.6 Å². The summed E-state index contributed by atoms with van der Waals surface area (Å²) in [4.78, 5) is 54.8. The molecule has 1 amide bonds. The normalized spacial score (nSPS) is 11.0. The molecule has 0 unspecified atom stereocenters. The number of aromatic nitrogens is 2. The molecule has 11 heteroatoms. The summed E-state index contributed by atoms with van der Waals surface area (Å²) in [5.41, 5.74) is 6.01. The van der Waals surface area contributed by atoms with Crippen LogP contribution >= 0.6 is 11.8 Å². The largest absolute Gasteiger partial charge is 0.452 e. The summed E-state index contributed by atoms with van der Waals surface area (Å²) in [6.07, 6.45) is 4.75. The molecule has 3 rings (SSSR count). The molecular weight excluding hydrogens is 496 g/mol. The third-order valence-electron chi connectivity index (χ3n) is 5.35. The van der Waals surface area contributed by atoms with Crippen molar-refractivity contribution < 1.29 is 19.1 Å². The number of thioether (sulfide) groups is 1. The minimum Gasteiger partial charge on any atom is -0.452 e. The Morgan fingerprint density at radius 2 is 1.81 bits per heavy atom. The van der Waals surface area contributed by atoms with Gasteiger partial charge in [-0.3, -0.25) is 24.0 Å². The van der Waals surface area contributed by atoms with E-state index in [1.54, 1.807) is 42.1 Å². The molecule has 0 aliphatic rings. The van der Waals surface area contributed by atoms with E-state index in [1.165, 1.54) is 13.2 Å². The fourth-order valence-electron chi connectivity index (χ4n) is 3.44. The van der Waals surface area contributed by atoms with Crippen molar-refractivity contribution >= 4 is 41.2 Å². The zero-order valence-electron chi connectivity index (χ0n) is 20.5. The highest BCUT2D eigenvalue weighted by Gasteiger charge is 2.25. The number of nitrogens with zero attached hydrogens (tertiary/aromatic N) is 2. The van der Waals surface area contributed by atoms with Crippen molar-refractivity contribution in [1.29, 1.82) is 0 Å². The number of ether oxygens (including phenoxy) is 2. The maximum Gasteiger partial charge on any atom is 0.331 e. The van der Waals surface area contributed by atoms with Gasteiger partial charge in [-0.05, 0) is 35.6 Å². The highest BCUT2D eigenvalue weighted by molar-refractivity contribution is 7.98. The van der Waals surface area contributed by atoms with E-state index >= 15 is 0 Å². The highest BCUT2D eigenvalue weighted by Crippen LogP contribution is 2.18. The van der Waals surface area contributed by atoms with Crippen molar-refractivity contribution in [2.45, 2.75) is 11.4 Å². The number of nitrogens with two attached hydrogens (primary N) is 1. The lowest BCUT2D eigenvalue weighted by Gasteiger charge is -2.24. The first-order valence-corrected chi connectivity index (χ1v) is 12.5. The summed E-state index contributed by atoms with van der Waals surface area (Å²) in [7, 11) is 1.43. The molecule has 0 radical (unpaired) electrons. The number of amides is 1. The van der Waals surface area contributed by atoms with Gasteiger partial charge in [-0.15, -0.1) is 11.8 Å². The molecule has 194 valence electrons. The Kier molecular flexibility index (Phi) is 9.87. The predicted octanol–water partition coefficient (Wildman–Crippen LogP) is 2.12. The van der Waals surface area contributed by atoms with Crippen LogP contribution in [0.4, 0.5) is 11.5 Å². The van der Waals surface area contributed by atoms with Crippen molar-refractivity contribution in [2.24, 2.45) is 0 Å². The van der Waals surface area contributed by atoms with Gasteiger partial charge in [0.15, 0.2) is 12.3 Å². The molecule has 3 aromatic rings. The van der Waals surface area contributed by atoms with Gasteiger partial charge in [0.2, 0.25) is 0 Å². The van der Waals surface area contributed by atoms with Gasteiger partial charge < -0.3 is 15.2 Å². The molecule has 10 nitrogen and oxygen atoms in total. The summed E-state index contributed by atoms with van der Waals surface area (Å²) in [5, 5.41) is 0. The minimum absolute atomic E-state index is 0.0542. The predicted molar refractivity (Wildman–Crippen MR) is 144 cm³/mol. The molecule has 2 aromatic carbocycles. The van der Waals surface area contributed by atoms with Crippen LogP contribution in [0.15, 0.2) is 75.2 Å². The molecule has 0 saturated carbocycles. The number of esters is 1. The average Bonchev–Trinajstić information content (AvgIpc) is 2.91. The lowest BCUT2D eigenvalue weighted by Crippen LogP contribution is -2.44. The molecule has 1 heterocycles. The summed E-state index contributed by atoms with van der Waals surface area (Å²) < 4.78 is 11.3. The lowest BCUT2D eigenvalue weighted by atomic mass is 10.2. The smallest absolute Gasteiger partial charge is 0.331 e. The van der Waals surface area contributed by atoms with E-state index in [0.29, 0.717) is 0 Å². The van der Waals surface area contributed by atoms with Crippen LogP contribution in [0, 0.1) is 0 Å². The Bertz CT molecular complexity index is 1370. The lowest BCUT2D eigenvalue weighted by molar-refractivity contribution is -0.142. The summed E-state index contributed by atoms with van der Waals surface area (Å²) in [6, 6.07) is 16.6. The summed E-state index contributed by atoms with van der Waals surface area (Å²) in [6.45, 7) is -0.544. The fraction of sp³-hybridized carbons (Fsp3) is 0.231. The Hall–Kier alpha value is -4.09. The van der Waals surface area contributed by atoms with Gasteiger partial charge in [0, 0.05) is 24.6 Å². The quantitative estimate of drug-likeness (QED) is 0.221. The fourth-order valence-corrected chi connectivity index (χ4v) is 3.85. The third-order valence-corrected chi connectivity index (χ3v) is 6.10. The highest BCUT2D eigenvalue weighted by atomic mass is 32.2. The van der Waals surface area contributed by atoms with E-state index in [0.717, 1.165) is 25.5 Å². The Morgan fingerprint density at radius 1 is 1.11 bits per heavy atom. The number of H-pyrrole nitrogens is 1. The number of nitrogens with one attached hydrogen (secondary N) is 1. The Morgan fingerprint density at radius 3 is 2.46 bits per heavy atom. The Labute approximate surface area is 217 Å². The number of benzene rings is 2. The van der Waals surface area contributed by atoms with Crippen LogP contribution in [-0.2, 0) is 25.6 Å². The number of anilines is 2. The maximum absolute atomic E-state index is 13.0. The number of rotatable bonds is 11. The van der Waals surface area contributed by atoms with Crippen LogP contribution < -0.4 is 21.9 Å². The van der Waals surface area contributed by atoms with E-state index in [2.05, 4.69) is 4.98 Å². The molecule has 0 aliphatic heterocycles. The van der Waals surface area contributed by atoms with E-state index < -0.39 is 29.7 Å². The van der Waals surface area contributed by atoms with Crippen molar-refractivity contribution in [2.75, 3.05) is 43.8 Å². The molecule has 3 N–H and O–H groups in total. The molecule has 0 atom stereocenters. The van der Waals surface area contributed by atoms with Crippen molar-refractivity contribution in [3.63, 3.8) is 0 Å². The first-order valence-electron chi connectivity index (χ1n) is 11.3. The van der Waals surface area contributed by atoms with E-state index in [9.17, 15) is 19.2 Å². The number of aromatic amines is 1. The second-order valence-corrected chi connectivity index (χ2v) is 8.70. The standard InChI is InChI=1S/C26H28N4O6S/c1-35-15-14-29(21(31)17-36-22(32)13-10-18-8-11-20(37-2)12-9-18)23-24(27)30(26(34)28-25(23)33)16-19-6-4-3-5-7-19/h3-13H,14-17,27H2,1-2H3,(H,28,33,34)/b13-10-. The van der Waals surface area contributed by atoms with Gasteiger partial charge in [-0.1, -0.05) is 42.5 Å². The van der Waals surface area contributed by atoms with Gasteiger partial charge >= 0.3 is 11.7 Å². The molecule has 0 aliphatic carbocycles. The molecule has 0 saturated heterocycles. The van der Waals surface area contributed by atoms with Crippen molar-refractivity contribution in [3.8, 4) is 0 Å². The Balaban J connectivity index is 1.79. The van der Waals surface area contributed by atoms with Gasteiger partial charge in [0.25, 0.3) is 11.5 Å². The van der Waals surface area contributed by atoms with Crippen LogP contribution in [0.2, 0.25) is 0 Å². The third kappa shape index (κ3) is 7.45. The van der Waals surface area contributed by atoms with Gasteiger partial charge in [0.05, 0.1) is 13.2 Å². The summed E-state index contributed by atoms with van der Waals surface area (Å²) >= 11 is 1.60. The van der Waals surface area contributed by atoms with Crippen LogP contribution in [0.3, 0.4) is 0 Å². The average molecular weight is 525 g/mol. The molecule has 1 aromatic heterocycles. The van der Waals surface area contributed by atoms with E-state index in [-0.39, 0.29) is 31.2 Å². The van der Waals surface area contributed by atoms with Gasteiger partial charge in [-0.2, -0.15) is 0 Å². The van der Waals surface area contributed by atoms with Crippen LogP contribution in [0.25, 0.3) is 6.08 Å². The molecule has 0 fully saturated rings. The van der Waals surface area contributed by atoms with E-state index in [4.69, 9.17) is 15.2 Å². The number of hydrogen-bond donors (Lipinski definition) is 2. The van der Waals surface area contributed by atoms with Crippen molar-refractivity contribution in [1.82, 2.24) is 9.55 Å². The monoisotopic (exact) mass is 524 g/mol. The molecule has 0 spiro atoms. The molecule has 0 bridgehead atoms. The van der Waals surface area contributed by atoms with Crippen LogP contribution in [0.5, 0.6) is 0 Å². The van der Waals surface area contributed by atoms with E-state index in [1.807, 2.05) is 36.6 Å². The zero-order valence-corrected chi connectivity index (χ0v) is 21.3. The first kappa shape index (κ1) is 27.5. The van der Waals surface area contributed by atoms with Gasteiger partial charge in [-0.25, -0.2) is 9.59 Å². The second kappa shape index (κ2) is 13.3. The molecule has 37 heavy (non-hydrogen) atoms. The minimum atomic E-state index is -0.837. The number of hydrogen-bond acceptors (Lipinski definition) is 8. The van der Waals surface area contributed by atoms with Crippen molar-refractivity contribution in [3.05, 3.63) is 92.6 Å². The topological polar surface area (TPSA) is 137 Å². The maximum atomic E-state index is 13.0. The number of nitrogen functional groups attached to an aromatic ring is 1. The van der Waals surface area contributed by atoms with Gasteiger partial charge in [0.1, 0.15) is 5.82 Å². The first-order chi connectivity index (χ1) is 17.8. The number of carbonyl (C=O) groups excluding carboxylic acids is 2. The number of methoxy groups -OCH3 is 1.